The maximum Gasteiger partial charge on any atom is 0.226 e. The van der Waals surface area contributed by atoms with Crippen LogP contribution in [0.5, 0.6) is 0 Å². The van der Waals surface area contributed by atoms with E-state index in [0.717, 1.165) is 29.3 Å². The molecule has 0 bridgehead atoms. The molecule has 0 aromatic heterocycles. The molecule has 27 heavy (non-hydrogen) atoms. The highest BCUT2D eigenvalue weighted by atomic mass is 16.5. The van der Waals surface area contributed by atoms with Crippen LogP contribution >= 0.6 is 0 Å². The number of nitrogens with one attached hydrogen (secondary N) is 2. The van der Waals surface area contributed by atoms with Gasteiger partial charge in [0.1, 0.15) is 0 Å². The fraction of sp³-hybridized carbons (Fsp3) is 0.364. The van der Waals surface area contributed by atoms with Crippen molar-refractivity contribution in [3.63, 3.8) is 0 Å². The molecule has 1 fully saturated rings. The summed E-state index contributed by atoms with van der Waals surface area (Å²) in [5, 5.41) is 5.66. The first-order valence-electron chi connectivity index (χ1n) is 9.46. The molecular weight excluding hydrogens is 340 g/mol. The molecule has 0 unspecified atom stereocenters. The SMILES string of the molecule is O=C(Cc1ccccc1)NCCC(=O)Nc1cccc(COCC2CC2)c1. The number of carbonyl (C=O) groups excluding carboxylic acids is 2. The molecule has 5 nitrogen and oxygen atoms in total. The molecule has 5 heteroatoms. The molecule has 1 saturated carbocycles. The van der Waals surface area contributed by atoms with Gasteiger partial charge in [-0.1, -0.05) is 42.5 Å². The summed E-state index contributed by atoms with van der Waals surface area (Å²) in [6.07, 6.45) is 3.12. The Balaban J connectivity index is 1.35. The quantitative estimate of drug-likeness (QED) is 0.678. The van der Waals surface area contributed by atoms with E-state index in [2.05, 4.69) is 10.6 Å². The summed E-state index contributed by atoms with van der Waals surface area (Å²) in [6.45, 7) is 1.71. The molecule has 1 aliphatic rings. The van der Waals surface area contributed by atoms with Crippen molar-refractivity contribution in [1.29, 1.82) is 0 Å². The Morgan fingerprint density at radius 1 is 0.963 bits per heavy atom. The number of benzene rings is 2. The molecule has 0 spiro atoms. The zero-order valence-corrected chi connectivity index (χ0v) is 15.4. The van der Waals surface area contributed by atoms with E-state index in [0.29, 0.717) is 19.6 Å². The molecule has 3 rings (SSSR count). The molecule has 0 saturated heterocycles. The predicted octanol–water partition coefficient (Wildman–Crippen LogP) is 3.30. The van der Waals surface area contributed by atoms with Crippen molar-refractivity contribution in [2.75, 3.05) is 18.5 Å². The summed E-state index contributed by atoms with van der Waals surface area (Å²) in [4.78, 5) is 24.0. The van der Waals surface area contributed by atoms with Crippen molar-refractivity contribution in [1.82, 2.24) is 5.32 Å². The third kappa shape index (κ3) is 7.23. The number of amides is 2. The average molecular weight is 366 g/mol. The summed E-state index contributed by atoms with van der Waals surface area (Å²) >= 11 is 0. The van der Waals surface area contributed by atoms with Crippen LogP contribution in [-0.2, 0) is 27.4 Å². The average Bonchev–Trinajstić information content (AvgIpc) is 3.47. The lowest BCUT2D eigenvalue weighted by molar-refractivity contribution is -0.120. The van der Waals surface area contributed by atoms with Gasteiger partial charge in [0, 0.05) is 25.3 Å². The van der Waals surface area contributed by atoms with E-state index in [1.165, 1.54) is 12.8 Å². The first-order valence-corrected chi connectivity index (χ1v) is 9.46. The van der Waals surface area contributed by atoms with Crippen LogP contribution in [-0.4, -0.2) is 25.0 Å². The van der Waals surface area contributed by atoms with E-state index in [1.807, 2.05) is 54.6 Å². The zero-order valence-electron chi connectivity index (χ0n) is 15.4. The van der Waals surface area contributed by atoms with E-state index < -0.39 is 0 Å². The van der Waals surface area contributed by atoms with E-state index in [1.54, 1.807) is 0 Å². The van der Waals surface area contributed by atoms with Gasteiger partial charge in [-0.05, 0) is 42.0 Å². The van der Waals surface area contributed by atoms with Crippen molar-refractivity contribution in [2.24, 2.45) is 5.92 Å². The lowest BCUT2D eigenvalue weighted by Gasteiger charge is -2.09. The summed E-state index contributed by atoms with van der Waals surface area (Å²) in [5.74, 6) is 0.542. The fourth-order valence-electron chi connectivity index (χ4n) is 2.75. The van der Waals surface area contributed by atoms with Crippen LogP contribution in [0.4, 0.5) is 5.69 Å². The number of rotatable bonds is 10. The molecule has 2 aromatic rings. The van der Waals surface area contributed by atoms with Gasteiger partial charge >= 0.3 is 0 Å². The minimum Gasteiger partial charge on any atom is -0.376 e. The van der Waals surface area contributed by atoms with Gasteiger partial charge in [0.2, 0.25) is 11.8 Å². The Hall–Kier alpha value is -2.66. The van der Waals surface area contributed by atoms with Gasteiger partial charge in [-0.3, -0.25) is 9.59 Å². The molecule has 142 valence electrons. The fourth-order valence-corrected chi connectivity index (χ4v) is 2.75. The molecule has 2 amide bonds. The van der Waals surface area contributed by atoms with Crippen molar-refractivity contribution in [2.45, 2.75) is 32.3 Å². The molecule has 2 N–H and O–H groups in total. The molecule has 0 heterocycles. The van der Waals surface area contributed by atoms with Crippen LogP contribution in [0.3, 0.4) is 0 Å². The number of carbonyl (C=O) groups is 2. The second kappa shape index (κ2) is 9.88. The van der Waals surface area contributed by atoms with Gasteiger partial charge in [-0.25, -0.2) is 0 Å². The van der Waals surface area contributed by atoms with Gasteiger partial charge in [-0.15, -0.1) is 0 Å². The molecule has 0 aliphatic heterocycles. The Bertz CT molecular complexity index is 757. The highest BCUT2D eigenvalue weighted by Crippen LogP contribution is 2.29. The zero-order chi connectivity index (χ0) is 18.9. The number of hydrogen-bond donors (Lipinski definition) is 2. The second-order valence-corrected chi connectivity index (χ2v) is 6.97. The summed E-state index contributed by atoms with van der Waals surface area (Å²) in [6, 6.07) is 17.2. The number of ether oxygens (including phenoxy) is 1. The highest BCUT2D eigenvalue weighted by molar-refractivity contribution is 5.91. The minimum absolute atomic E-state index is 0.0798. The summed E-state index contributed by atoms with van der Waals surface area (Å²) in [5.41, 5.74) is 2.76. The third-order valence-electron chi connectivity index (χ3n) is 4.41. The first-order chi connectivity index (χ1) is 13.2. The standard InChI is InChI=1S/C22H26N2O3/c25-21(11-12-23-22(26)14-17-5-2-1-3-6-17)24-20-8-4-7-19(13-20)16-27-15-18-9-10-18/h1-8,13,18H,9-12,14-16H2,(H,23,26)(H,24,25). The molecular formula is C22H26N2O3. The molecule has 1 aliphatic carbocycles. The minimum atomic E-state index is -0.119. The first kappa shape index (κ1) is 19.1. The monoisotopic (exact) mass is 366 g/mol. The van der Waals surface area contributed by atoms with E-state index in [-0.39, 0.29) is 18.2 Å². The van der Waals surface area contributed by atoms with Crippen LogP contribution in [0.15, 0.2) is 54.6 Å². The van der Waals surface area contributed by atoms with Crippen molar-refractivity contribution in [3.05, 3.63) is 65.7 Å². The molecule has 2 aromatic carbocycles. The van der Waals surface area contributed by atoms with Gasteiger partial charge in [0.15, 0.2) is 0 Å². The number of anilines is 1. The predicted molar refractivity (Wildman–Crippen MR) is 105 cm³/mol. The normalized spacial score (nSPS) is 13.2. The lowest BCUT2D eigenvalue weighted by Crippen LogP contribution is -2.28. The highest BCUT2D eigenvalue weighted by Gasteiger charge is 2.21. The Labute approximate surface area is 160 Å². The Morgan fingerprint density at radius 3 is 2.52 bits per heavy atom. The van der Waals surface area contributed by atoms with E-state index in [4.69, 9.17) is 4.74 Å². The Kier molecular flexibility index (Phi) is 6.99. The largest absolute Gasteiger partial charge is 0.376 e. The van der Waals surface area contributed by atoms with Crippen LogP contribution in [0, 0.1) is 5.92 Å². The van der Waals surface area contributed by atoms with Crippen LogP contribution in [0.2, 0.25) is 0 Å². The van der Waals surface area contributed by atoms with Crippen LogP contribution in [0.1, 0.15) is 30.4 Å². The van der Waals surface area contributed by atoms with Crippen LogP contribution in [0.25, 0.3) is 0 Å². The summed E-state index contributed by atoms with van der Waals surface area (Å²) < 4.78 is 5.68. The van der Waals surface area contributed by atoms with Crippen molar-refractivity contribution in [3.8, 4) is 0 Å². The maximum atomic E-state index is 12.1. The maximum absolute atomic E-state index is 12.1. The topological polar surface area (TPSA) is 67.4 Å². The van der Waals surface area contributed by atoms with Crippen molar-refractivity contribution >= 4 is 17.5 Å². The lowest BCUT2D eigenvalue weighted by atomic mass is 10.1. The Morgan fingerprint density at radius 2 is 1.74 bits per heavy atom. The third-order valence-corrected chi connectivity index (χ3v) is 4.41. The smallest absolute Gasteiger partial charge is 0.226 e. The molecule has 0 atom stereocenters. The summed E-state index contributed by atoms with van der Waals surface area (Å²) in [7, 11) is 0. The van der Waals surface area contributed by atoms with Crippen LogP contribution < -0.4 is 10.6 Å². The second-order valence-electron chi connectivity index (χ2n) is 6.97. The van der Waals surface area contributed by atoms with Crippen molar-refractivity contribution < 1.29 is 14.3 Å². The van der Waals surface area contributed by atoms with Gasteiger partial charge in [0.05, 0.1) is 13.0 Å². The van der Waals surface area contributed by atoms with Gasteiger partial charge in [-0.2, -0.15) is 0 Å². The van der Waals surface area contributed by atoms with E-state index >= 15 is 0 Å². The van der Waals surface area contributed by atoms with Gasteiger partial charge in [0.25, 0.3) is 0 Å². The number of hydrogen-bond acceptors (Lipinski definition) is 3. The van der Waals surface area contributed by atoms with Gasteiger partial charge < -0.3 is 15.4 Å². The molecule has 0 radical (unpaired) electrons. The van der Waals surface area contributed by atoms with E-state index in [9.17, 15) is 9.59 Å².